The van der Waals surface area contributed by atoms with E-state index in [2.05, 4.69) is 48.4 Å². The number of imidazole rings is 1. The molecule has 0 saturated heterocycles. The lowest BCUT2D eigenvalue weighted by Gasteiger charge is -2.07. The van der Waals surface area contributed by atoms with Crippen LogP contribution in [-0.2, 0) is 18.8 Å². The smallest absolute Gasteiger partial charge is 0.124 e. The highest BCUT2D eigenvalue weighted by atomic mass is 79.9. The summed E-state index contributed by atoms with van der Waals surface area (Å²) in [5.74, 6) is 1.38. The number of aryl methyl sites for hydroxylation is 2. The van der Waals surface area contributed by atoms with E-state index in [1.807, 2.05) is 12.1 Å². The van der Waals surface area contributed by atoms with Crippen LogP contribution in [0.1, 0.15) is 11.4 Å². The van der Waals surface area contributed by atoms with Crippen molar-refractivity contribution < 1.29 is 0 Å². The molecule has 0 amide bonds. The van der Waals surface area contributed by atoms with Gasteiger partial charge in [0.2, 0.25) is 0 Å². The summed E-state index contributed by atoms with van der Waals surface area (Å²) in [4.78, 5) is 4.58. The number of benzene rings is 1. The third-order valence-corrected chi connectivity index (χ3v) is 4.58. The number of aromatic nitrogens is 2. The fourth-order valence-corrected chi connectivity index (χ4v) is 3.43. The summed E-state index contributed by atoms with van der Waals surface area (Å²) in [5, 5.41) is 4.30. The van der Waals surface area contributed by atoms with Crippen LogP contribution in [0.2, 0.25) is 0 Å². The van der Waals surface area contributed by atoms with Gasteiger partial charge in [0.25, 0.3) is 0 Å². The van der Waals surface area contributed by atoms with Crippen molar-refractivity contribution in [3.63, 3.8) is 0 Å². The Bertz CT molecular complexity index is 691. The normalized spacial score (nSPS) is 11.3. The van der Waals surface area contributed by atoms with Crippen molar-refractivity contribution in [2.75, 3.05) is 0 Å². The van der Waals surface area contributed by atoms with Gasteiger partial charge in [-0.2, -0.15) is 11.3 Å². The van der Waals surface area contributed by atoms with Gasteiger partial charge in [-0.1, -0.05) is 15.9 Å². The lowest BCUT2D eigenvalue weighted by molar-refractivity contribution is 0.689. The van der Waals surface area contributed by atoms with Crippen LogP contribution in [0.5, 0.6) is 0 Å². The Hall–Kier alpha value is -0.840. The van der Waals surface area contributed by atoms with Crippen molar-refractivity contribution in [1.29, 1.82) is 0 Å². The van der Waals surface area contributed by atoms with Crippen LogP contribution in [0.4, 0.5) is 0 Å². The highest BCUT2D eigenvalue weighted by Crippen LogP contribution is 2.22. The van der Waals surface area contributed by atoms with Crippen molar-refractivity contribution in [3.05, 3.63) is 50.9 Å². The topological polar surface area (TPSA) is 17.8 Å². The highest BCUT2D eigenvalue weighted by Gasteiger charge is 2.10. The Morgan fingerprint density at radius 3 is 2.95 bits per heavy atom. The van der Waals surface area contributed by atoms with E-state index in [0.717, 1.165) is 34.3 Å². The molecule has 5 heteroatoms. The summed E-state index contributed by atoms with van der Waals surface area (Å²) < 4.78 is 3.28. The number of hydrogen-bond donors (Lipinski definition) is 0. The predicted octanol–water partition coefficient (Wildman–Crippen LogP) is 4.84. The summed E-state index contributed by atoms with van der Waals surface area (Å²) in [6.45, 7) is 0.908. The molecule has 0 radical (unpaired) electrons. The Morgan fingerprint density at radius 2 is 2.21 bits per heavy atom. The zero-order chi connectivity index (χ0) is 13.2. The molecule has 3 rings (SSSR count). The quantitative estimate of drug-likeness (QED) is 0.612. The molecule has 0 atom stereocenters. The van der Waals surface area contributed by atoms with Crippen LogP contribution in [0.15, 0.2) is 39.5 Å². The molecule has 0 spiro atoms. The summed E-state index contributed by atoms with van der Waals surface area (Å²) in [5.41, 5.74) is 3.51. The second-order valence-corrected chi connectivity index (χ2v) is 6.29. The molecule has 0 unspecified atom stereocenters. The van der Waals surface area contributed by atoms with Crippen molar-refractivity contribution >= 4 is 49.9 Å². The first-order chi connectivity index (χ1) is 9.28. The first kappa shape index (κ1) is 13.2. The van der Waals surface area contributed by atoms with Gasteiger partial charge in [-0.15, -0.1) is 11.6 Å². The number of rotatable bonds is 4. The van der Waals surface area contributed by atoms with E-state index >= 15 is 0 Å². The van der Waals surface area contributed by atoms with Crippen molar-refractivity contribution in [3.8, 4) is 0 Å². The lowest BCUT2D eigenvalue weighted by Crippen LogP contribution is -2.04. The molecule has 2 nitrogen and oxygen atoms in total. The monoisotopic (exact) mass is 354 g/mol. The Labute approximate surface area is 129 Å². The third-order valence-electron chi connectivity index (χ3n) is 3.11. The average molecular weight is 356 g/mol. The van der Waals surface area contributed by atoms with Gasteiger partial charge in [-0.05, 0) is 47.0 Å². The van der Waals surface area contributed by atoms with Crippen molar-refractivity contribution in [2.45, 2.75) is 18.8 Å². The molecule has 0 aliphatic carbocycles. The summed E-state index contributed by atoms with van der Waals surface area (Å²) in [6.07, 6.45) is 1.01. The molecule has 0 N–H and O–H groups in total. The Kier molecular flexibility index (Phi) is 3.91. The highest BCUT2D eigenvalue weighted by molar-refractivity contribution is 9.10. The van der Waals surface area contributed by atoms with Gasteiger partial charge in [0.15, 0.2) is 0 Å². The van der Waals surface area contributed by atoms with Gasteiger partial charge < -0.3 is 4.57 Å². The fraction of sp³-hybridized carbons (Fsp3) is 0.214. The van der Waals surface area contributed by atoms with Crippen LogP contribution < -0.4 is 0 Å². The maximum absolute atomic E-state index is 6.01. The van der Waals surface area contributed by atoms with E-state index in [0.29, 0.717) is 5.88 Å². The Balaban J connectivity index is 1.97. The predicted molar refractivity (Wildman–Crippen MR) is 85.0 cm³/mol. The molecule has 0 fully saturated rings. The first-order valence-corrected chi connectivity index (χ1v) is 8.26. The second kappa shape index (κ2) is 5.65. The molecule has 0 saturated carbocycles. The molecule has 0 aliphatic heterocycles. The number of alkyl halides is 1. The zero-order valence-corrected chi connectivity index (χ0v) is 13.3. The average Bonchev–Trinajstić information content (AvgIpc) is 3.03. The first-order valence-electron chi connectivity index (χ1n) is 5.99. The van der Waals surface area contributed by atoms with Gasteiger partial charge >= 0.3 is 0 Å². The molecular weight excluding hydrogens is 344 g/mol. The summed E-state index contributed by atoms with van der Waals surface area (Å²) in [7, 11) is 0. The zero-order valence-electron chi connectivity index (χ0n) is 10.1. The molecule has 1 aromatic carbocycles. The molecule has 2 heterocycles. The molecule has 98 valence electrons. The minimum Gasteiger partial charge on any atom is -0.327 e. The van der Waals surface area contributed by atoms with Crippen LogP contribution >= 0.6 is 38.9 Å². The molecule has 3 aromatic rings. The van der Waals surface area contributed by atoms with Crippen LogP contribution in [0.3, 0.4) is 0 Å². The fourth-order valence-electron chi connectivity index (χ4n) is 2.17. The van der Waals surface area contributed by atoms with E-state index in [1.165, 1.54) is 5.56 Å². The minimum atomic E-state index is 0.440. The summed E-state index contributed by atoms with van der Waals surface area (Å²) in [6, 6.07) is 8.30. The number of halogens is 2. The molecule has 19 heavy (non-hydrogen) atoms. The molecular formula is C14H12BrClN2S. The number of thiophene rings is 1. The maximum Gasteiger partial charge on any atom is 0.124 e. The number of fused-ring (bicyclic) bond motifs is 1. The van der Waals surface area contributed by atoms with Crippen LogP contribution in [-0.4, -0.2) is 9.55 Å². The van der Waals surface area contributed by atoms with Gasteiger partial charge in [0.05, 0.1) is 16.9 Å². The number of nitrogens with zero attached hydrogens (tertiary/aromatic N) is 2. The van der Waals surface area contributed by atoms with E-state index in [-0.39, 0.29) is 0 Å². The van der Waals surface area contributed by atoms with E-state index in [1.54, 1.807) is 11.3 Å². The number of hydrogen-bond acceptors (Lipinski definition) is 2. The Morgan fingerprint density at radius 1 is 1.32 bits per heavy atom. The van der Waals surface area contributed by atoms with E-state index in [4.69, 9.17) is 11.6 Å². The van der Waals surface area contributed by atoms with Gasteiger partial charge in [0, 0.05) is 11.0 Å². The van der Waals surface area contributed by atoms with Crippen molar-refractivity contribution in [1.82, 2.24) is 9.55 Å². The summed E-state index contributed by atoms with van der Waals surface area (Å²) >= 11 is 11.3. The molecule has 2 aromatic heterocycles. The molecule has 0 bridgehead atoms. The largest absolute Gasteiger partial charge is 0.327 e. The van der Waals surface area contributed by atoms with E-state index < -0.39 is 0 Å². The van der Waals surface area contributed by atoms with Crippen LogP contribution in [0.25, 0.3) is 11.0 Å². The van der Waals surface area contributed by atoms with Gasteiger partial charge in [0.1, 0.15) is 5.82 Å². The third kappa shape index (κ3) is 2.71. The van der Waals surface area contributed by atoms with Crippen molar-refractivity contribution in [2.24, 2.45) is 0 Å². The molecule has 0 aliphatic rings. The van der Waals surface area contributed by atoms with Gasteiger partial charge in [-0.3, -0.25) is 0 Å². The van der Waals surface area contributed by atoms with E-state index in [9.17, 15) is 0 Å². The lowest BCUT2D eigenvalue weighted by atomic mass is 10.2. The second-order valence-electron chi connectivity index (χ2n) is 4.33. The maximum atomic E-state index is 6.01. The minimum absolute atomic E-state index is 0.440. The van der Waals surface area contributed by atoms with Crippen LogP contribution in [0, 0.1) is 0 Å². The standard InChI is InChI=1S/C14H12BrClN2S/c15-11-1-2-12-13(7-11)18(14(8-16)17-12)5-3-10-4-6-19-9-10/h1-2,4,6-7,9H,3,5,8H2. The van der Waals surface area contributed by atoms with Gasteiger partial charge in [-0.25, -0.2) is 4.98 Å². The SMILES string of the molecule is ClCc1nc2ccc(Br)cc2n1CCc1ccsc1.